The highest BCUT2D eigenvalue weighted by Gasteiger charge is 2.46. The number of carbonyl (C=O) groups excluding carboxylic acids is 1. The number of likely N-dealkylation sites (N-methyl/N-ethyl adjacent to an activating group) is 1. The normalized spacial score (nSPS) is 27.8. The van der Waals surface area contributed by atoms with Gasteiger partial charge >= 0.3 is 0 Å². The van der Waals surface area contributed by atoms with E-state index in [1.54, 1.807) is 0 Å². The summed E-state index contributed by atoms with van der Waals surface area (Å²) in [4.78, 5) is 24.1. The third-order valence-corrected chi connectivity index (χ3v) is 10.4. The van der Waals surface area contributed by atoms with Gasteiger partial charge in [0.1, 0.15) is 0 Å². The van der Waals surface area contributed by atoms with Gasteiger partial charge in [0.2, 0.25) is 5.91 Å². The molecule has 1 saturated heterocycles. The first-order valence-corrected chi connectivity index (χ1v) is 14.9. The fraction of sp³-hybridized carbons (Fsp3) is 0.667. The molecule has 3 atom stereocenters. The van der Waals surface area contributed by atoms with Gasteiger partial charge in [0, 0.05) is 76.2 Å². The predicted molar refractivity (Wildman–Crippen MR) is 152 cm³/mol. The molecule has 2 saturated carbocycles. The van der Waals surface area contributed by atoms with Crippen molar-refractivity contribution < 1.29 is 4.79 Å². The number of hydrogen-bond donors (Lipinski definition) is 0. The number of hydrogen-bond acceptors (Lipinski definition) is 6. The van der Waals surface area contributed by atoms with Crippen LogP contribution >= 0.6 is 0 Å². The number of aryl methyl sites for hydroxylation is 3. The fourth-order valence-corrected chi connectivity index (χ4v) is 8.31. The van der Waals surface area contributed by atoms with Crippen molar-refractivity contribution in [3.8, 4) is 0 Å². The van der Waals surface area contributed by atoms with Crippen LogP contribution in [0, 0.1) is 25.2 Å². The first kappa shape index (κ1) is 25.1. The maximum Gasteiger partial charge on any atom is 0.236 e. The molecule has 3 aromatic rings. The molecule has 0 radical (unpaired) electrons. The van der Waals surface area contributed by atoms with Crippen molar-refractivity contribution in [2.45, 2.75) is 77.9 Å². The van der Waals surface area contributed by atoms with Gasteiger partial charge in [0.25, 0.3) is 0 Å². The van der Waals surface area contributed by atoms with Crippen molar-refractivity contribution in [1.82, 2.24) is 34.3 Å². The first-order chi connectivity index (χ1) is 18.8. The summed E-state index contributed by atoms with van der Waals surface area (Å²) in [7, 11) is 3.91. The van der Waals surface area contributed by atoms with E-state index in [-0.39, 0.29) is 5.91 Å². The van der Waals surface area contributed by atoms with Crippen molar-refractivity contribution in [2.24, 2.45) is 18.4 Å². The van der Waals surface area contributed by atoms with Gasteiger partial charge in [-0.2, -0.15) is 10.2 Å². The molecular formula is C30H42N8O. The molecule has 5 heterocycles. The third-order valence-electron chi connectivity index (χ3n) is 10.4. The van der Waals surface area contributed by atoms with E-state index in [0.29, 0.717) is 23.9 Å². The molecule has 1 amide bonds. The number of nitrogens with zero attached hydrogens (tertiary/aromatic N) is 8. The number of amides is 1. The minimum absolute atomic E-state index is 0.285. The van der Waals surface area contributed by atoms with Crippen LogP contribution < -0.4 is 4.90 Å². The maximum atomic E-state index is 12.4. The number of rotatable bonds is 4. The van der Waals surface area contributed by atoms with Crippen molar-refractivity contribution in [2.75, 3.05) is 38.1 Å². The second kappa shape index (κ2) is 9.32. The highest BCUT2D eigenvalue weighted by atomic mass is 16.2. The zero-order valence-electron chi connectivity index (χ0n) is 24.0. The van der Waals surface area contributed by atoms with Crippen molar-refractivity contribution >= 4 is 22.6 Å². The largest absolute Gasteiger partial charge is 0.366 e. The average molecular weight is 531 g/mol. The Hall–Kier alpha value is -2.94. The number of piperazine rings is 1. The molecule has 208 valence electrons. The SMILES string of the molecule is Cc1cc(N2CCc3c(c(C)nn3CC34CCCC(C3)C(N3CCN(C)C(=O)C3)CC4)C2)c2cnn(C)c2n1. The van der Waals surface area contributed by atoms with Gasteiger partial charge in [-0.15, -0.1) is 0 Å². The topological polar surface area (TPSA) is 75.3 Å². The number of carbonyl (C=O) groups is 1. The van der Waals surface area contributed by atoms with Gasteiger partial charge in [-0.1, -0.05) is 6.42 Å². The average Bonchev–Trinajstić information content (AvgIpc) is 3.44. The Morgan fingerprint density at radius 3 is 2.79 bits per heavy atom. The zero-order chi connectivity index (χ0) is 26.9. The van der Waals surface area contributed by atoms with Crippen LogP contribution in [0.5, 0.6) is 0 Å². The van der Waals surface area contributed by atoms with Gasteiger partial charge < -0.3 is 9.80 Å². The van der Waals surface area contributed by atoms with Gasteiger partial charge in [0.15, 0.2) is 5.65 Å². The molecule has 2 aliphatic heterocycles. The smallest absolute Gasteiger partial charge is 0.236 e. The molecule has 3 fully saturated rings. The summed E-state index contributed by atoms with van der Waals surface area (Å²) in [5.74, 6) is 0.997. The lowest BCUT2D eigenvalue weighted by Gasteiger charge is -2.52. The summed E-state index contributed by atoms with van der Waals surface area (Å²) in [6.45, 7) is 9.70. The molecule has 3 aromatic heterocycles. The third kappa shape index (κ3) is 4.24. The summed E-state index contributed by atoms with van der Waals surface area (Å²) >= 11 is 0. The Kier molecular flexibility index (Phi) is 5.99. The molecule has 3 unspecified atom stereocenters. The van der Waals surface area contributed by atoms with E-state index in [1.807, 2.05) is 29.9 Å². The Morgan fingerprint density at radius 1 is 1.08 bits per heavy atom. The van der Waals surface area contributed by atoms with Crippen LogP contribution in [0.2, 0.25) is 0 Å². The number of aromatic nitrogens is 5. The zero-order valence-corrected chi connectivity index (χ0v) is 24.0. The Bertz CT molecular complexity index is 1420. The molecule has 39 heavy (non-hydrogen) atoms. The van der Waals surface area contributed by atoms with E-state index < -0.39 is 0 Å². The van der Waals surface area contributed by atoms with Crippen LogP contribution in [0.3, 0.4) is 0 Å². The van der Waals surface area contributed by atoms with Crippen LogP contribution in [-0.2, 0) is 31.4 Å². The molecule has 4 aliphatic rings. The van der Waals surface area contributed by atoms with Crippen LogP contribution in [0.1, 0.15) is 61.2 Å². The van der Waals surface area contributed by atoms with Gasteiger partial charge in [-0.3, -0.25) is 19.1 Å². The lowest BCUT2D eigenvalue weighted by atomic mass is 9.60. The monoisotopic (exact) mass is 530 g/mol. The van der Waals surface area contributed by atoms with Crippen molar-refractivity contribution in [1.29, 1.82) is 0 Å². The highest BCUT2D eigenvalue weighted by Crippen LogP contribution is 2.51. The number of anilines is 1. The van der Waals surface area contributed by atoms with Crippen LogP contribution in [-0.4, -0.2) is 79.5 Å². The minimum Gasteiger partial charge on any atom is -0.366 e. The van der Waals surface area contributed by atoms with Gasteiger partial charge in [-0.05, 0) is 63.4 Å². The summed E-state index contributed by atoms with van der Waals surface area (Å²) in [5.41, 5.74) is 7.59. The van der Waals surface area contributed by atoms with Crippen LogP contribution in [0.4, 0.5) is 5.69 Å². The summed E-state index contributed by atoms with van der Waals surface area (Å²) in [6, 6.07) is 2.79. The molecule has 0 N–H and O–H groups in total. The van der Waals surface area contributed by atoms with E-state index >= 15 is 0 Å². The van der Waals surface area contributed by atoms with E-state index in [1.165, 1.54) is 61.2 Å². The maximum absolute atomic E-state index is 12.4. The molecule has 2 bridgehead atoms. The number of fused-ring (bicyclic) bond motifs is 4. The molecule has 7 rings (SSSR count). The lowest BCUT2D eigenvalue weighted by molar-refractivity contribution is -0.137. The standard InChI is InChI=1S/C30H42N8O/c1-20-14-27(23-16-31-35(4)29(23)32-20)36-11-8-26-24(17-36)21(2)33-38(26)19-30-9-5-6-22(15-30)25(7-10-30)37-13-12-34(3)28(39)18-37/h14,16,22,25H,5-13,15,17-19H2,1-4H3. The molecular weight excluding hydrogens is 488 g/mol. The predicted octanol–water partition coefficient (Wildman–Crippen LogP) is 3.46. The summed E-state index contributed by atoms with van der Waals surface area (Å²) in [6.07, 6.45) is 10.7. The molecule has 0 aromatic carbocycles. The first-order valence-electron chi connectivity index (χ1n) is 14.9. The second-order valence-electron chi connectivity index (χ2n) is 12.9. The second-order valence-corrected chi connectivity index (χ2v) is 12.9. The Morgan fingerprint density at radius 2 is 1.95 bits per heavy atom. The van der Waals surface area contributed by atoms with Crippen LogP contribution in [0.15, 0.2) is 12.3 Å². The Labute approximate surface area is 231 Å². The van der Waals surface area contributed by atoms with Gasteiger partial charge in [-0.25, -0.2) is 4.98 Å². The summed E-state index contributed by atoms with van der Waals surface area (Å²) in [5, 5.41) is 10.8. The highest BCUT2D eigenvalue weighted by molar-refractivity contribution is 5.89. The van der Waals surface area contributed by atoms with Gasteiger partial charge in [0.05, 0.1) is 29.5 Å². The van der Waals surface area contributed by atoms with E-state index in [0.717, 1.165) is 55.9 Å². The van der Waals surface area contributed by atoms with Crippen molar-refractivity contribution in [3.63, 3.8) is 0 Å². The van der Waals surface area contributed by atoms with Crippen LogP contribution in [0.25, 0.3) is 11.0 Å². The summed E-state index contributed by atoms with van der Waals surface area (Å²) < 4.78 is 4.28. The van der Waals surface area contributed by atoms with E-state index in [2.05, 4.69) is 39.5 Å². The quantitative estimate of drug-likeness (QED) is 0.514. The van der Waals surface area contributed by atoms with Crippen molar-refractivity contribution in [3.05, 3.63) is 34.9 Å². The fourth-order valence-electron chi connectivity index (χ4n) is 8.31. The lowest BCUT2D eigenvalue weighted by Crippen LogP contribution is -2.57. The minimum atomic E-state index is 0.285. The molecule has 2 aliphatic carbocycles. The molecule has 0 spiro atoms. The Balaban J connectivity index is 1.10. The number of pyridine rings is 1. The van der Waals surface area contributed by atoms with E-state index in [9.17, 15) is 4.79 Å². The van der Waals surface area contributed by atoms with E-state index in [4.69, 9.17) is 10.1 Å². The molecule has 9 nitrogen and oxygen atoms in total. The molecule has 9 heteroatoms.